The van der Waals surface area contributed by atoms with Gasteiger partial charge in [0.25, 0.3) is 0 Å². The first-order chi connectivity index (χ1) is 7.27. The summed E-state index contributed by atoms with van der Waals surface area (Å²) >= 11 is 0. The predicted octanol–water partition coefficient (Wildman–Crippen LogP) is 1.87. The number of pyridine rings is 1. The van der Waals surface area contributed by atoms with Gasteiger partial charge in [-0.3, -0.25) is 4.98 Å². The van der Waals surface area contributed by atoms with Gasteiger partial charge in [-0.1, -0.05) is 13.0 Å². The Morgan fingerprint density at radius 2 is 2.20 bits per heavy atom. The minimum absolute atomic E-state index is 0.209. The van der Waals surface area contributed by atoms with Crippen molar-refractivity contribution < 1.29 is 4.74 Å². The van der Waals surface area contributed by atoms with Gasteiger partial charge in [0.2, 0.25) is 5.90 Å². The third kappa shape index (κ3) is 2.21. The molecule has 4 heteroatoms. The molecule has 0 saturated heterocycles. The summed E-state index contributed by atoms with van der Waals surface area (Å²) < 4.78 is 5.37. The van der Waals surface area contributed by atoms with E-state index in [4.69, 9.17) is 4.74 Å². The zero-order valence-corrected chi connectivity index (χ0v) is 8.84. The summed E-state index contributed by atoms with van der Waals surface area (Å²) in [4.78, 5) is 4.26. The average molecular weight is 203 g/mol. The summed E-state index contributed by atoms with van der Waals surface area (Å²) in [6.45, 7) is 4.46. The van der Waals surface area contributed by atoms with E-state index < -0.39 is 0 Å². The molecule has 0 aromatic carbocycles. The summed E-state index contributed by atoms with van der Waals surface area (Å²) in [6, 6.07) is 5.77. The molecule has 0 saturated carbocycles. The van der Waals surface area contributed by atoms with Crippen molar-refractivity contribution in [3.63, 3.8) is 0 Å². The maximum absolute atomic E-state index is 5.37. The highest BCUT2D eigenvalue weighted by Gasteiger charge is 2.17. The van der Waals surface area contributed by atoms with E-state index in [-0.39, 0.29) is 5.92 Å². The molecule has 78 valence electrons. The Labute approximate surface area is 88.7 Å². The highest BCUT2D eigenvalue weighted by molar-refractivity contribution is 6.01. The van der Waals surface area contributed by atoms with Crippen molar-refractivity contribution in [3.8, 4) is 0 Å². The monoisotopic (exact) mass is 203 g/mol. The van der Waals surface area contributed by atoms with Crippen LogP contribution in [0.3, 0.4) is 0 Å². The van der Waals surface area contributed by atoms with Gasteiger partial charge < -0.3 is 4.74 Å². The van der Waals surface area contributed by atoms with Crippen LogP contribution in [0.1, 0.15) is 19.5 Å². The number of rotatable bonds is 1. The van der Waals surface area contributed by atoms with E-state index >= 15 is 0 Å². The zero-order valence-electron chi connectivity index (χ0n) is 8.84. The van der Waals surface area contributed by atoms with Crippen LogP contribution in [-0.4, -0.2) is 23.2 Å². The molecule has 0 fully saturated rings. The summed E-state index contributed by atoms with van der Waals surface area (Å²) in [5, 5.41) is 8.15. The van der Waals surface area contributed by atoms with Gasteiger partial charge in [-0.05, 0) is 12.1 Å². The number of ether oxygens (including phenoxy) is 1. The average Bonchev–Trinajstić information content (AvgIpc) is 2.43. The first-order valence-electron chi connectivity index (χ1n) is 4.93. The molecular formula is C11H13N3O. The van der Waals surface area contributed by atoms with E-state index in [2.05, 4.69) is 22.1 Å². The lowest BCUT2D eigenvalue weighted by atomic mass is 10.0. The van der Waals surface area contributed by atoms with Gasteiger partial charge in [0.1, 0.15) is 0 Å². The molecule has 0 bridgehead atoms. The highest BCUT2D eigenvalue weighted by atomic mass is 16.5. The maximum atomic E-state index is 5.37. The molecule has 1 aromatic rings. The van der Waals surface area contributed by atoms with E-state index in [9.17, 15) is 0 Å². The molecule has 1 aliphatic heterocycles. The molecule has 0 aliphatic carbocycles. The fourth-order valence-corrected chi connectivity index (χ4v) is 1.39. The minimum Gasteiger partial charge on any atom is -0.479 e. The van der Waals surface area contributed by atoms with Gasteiger partial charge in [0.05, 0.1) is 18.0 Å². The molecule has 1 atom stereocenters. The van der Waals surface area contributed by atoms with Crippen molar-refractivity contribution >= 4 is 11.6 Å². The topological polar surface area (TPSA) is 46.8 Å². The first kappa shape index (κ1) is 9.83. The summed E-state index contributed by atoms with van der Waals surface area (Å²) in [5.74, 6) is 0.814. The van der Waals surface area contributed by atoms with Crippen LogP contribution in [0.2, 0.25) is 0 Å². The molecule has 0 radical (unpaired) electrons. The Hall–Kier alpha value is -1.71. The van der Waals surface area contributed by atoms with E-state index in [1.165, 1.54) is 0 Å². The molecule has 0 spiro atoms. The normalized spacial score (nSPS) is 21.1. The summed E-state index contributed by atoms with van der Waals surface area (Å²) in [7, 11) is 0. The second kappa shape index (κ2) is 4.21. The third-order valence-corrected chi connectivity index (χ3v) is 2.23. The molecule has 4 nitrogen and oxygen atoms in total. The Kier molecular flexibility index (Phi) is 2.76. The minimum atomic E-state index is 0.209. The van der Waals surface area contributed by atoms with E-state index in [0.29, 0.717) is 12.5 Å². The first-order valence-corrected chi connectivity index (χ1v) is 4.93. The van der Waals surface area contributed by atoms with E-state index in [1.807, 2.05) is 18.2 Å². The van der Waals surface area contributed by atoms with Gasteiger partial charge in [-0.2, -0.15) is 0 Å². The molecule has 1 unspecified atom stereocenters. The fraction of sp³-hybridized carbons (Fsp3) is 0.364. The lowest BCUT2D eigenvalue weighted by Gasteiger charge is -2.10. The van der Waals surface area contributed by atoms with Crippen molar-refractivity contribution in [2.75, 3.05) is 6.61 Å². The largest absolute Gasteiger partial charge is 0.479 e. The SMILES string of the molecule is CC1=NN=C(c2ccccn2)C(C)CO1. The van der Waals surface area contributed by atoms with Gasteiger partial charge in [0, 0.05) is 19.0 Å². The van der Waals surface area contributed by atoms with Crippen LogP contribution in [0, 0.1) is 5.92 Å². The van der Waals surface area contributed by atoms with E-state index in [0.717, 1.165) is 11.4 Å². The van der Waals surface area contributed by atoms with Gasteiger partial charge in [0.15, 0.2) is 0 Å². The Bertz CT molecular complexity index is 398. The quantitative estimate of drug-likeness (QED) is 0.699. The van der Waals surface area contributed by atoms with Crippen LogP contribution >= 0.6 is 0 Å². The van der Waals surface area contributed by atoms with Crippen molar-refractivity contribution in [1.29, 1.82) is 0 Å². The molecule has 0 N–H and O–H groups in total. The number of aromatic nitrogens is 1. The molecule has 15 heavy (non-hydrogen) atoms. The second-order valence-corrected chi connectivity index (χ2v) is 3.53. The van der Waals surface area contributed by atoms with Crippen LogP contribution in [0.5, 0.6) is 0 Å². The van der Waals surface area contributed by atoms with Gasteiger partial charge >= 0.3 is 0 Å². The molecule has 1 aromatic heterocycles. The fourth-order valence-electron chi connectivity index (χ4n) is 1.39. The molecular weight excluding hydrogens is 190 g/mol. The molecule has 2 rings (SSSR count). The van der Waals surface area contributed by atoms with Crippen molar-refractivity contribution in [2.24, 2.45) is 16.1 Å². The van der Waals surface area contributed by atoms with Crippen LogP contribution in [0.25, 0.3) is 0 Å². The van der Waals surface area contributed by atoms with Crippen molar-refractivity contribution in [3.05, 3.63) is 30.1 Å². The summed E-state index contributed by atoms with van der Waals surface area (Å²) in [6.07, 6.45) is 1.76. The molecule has 1 aliphatic rings. The number of hydrogen-bond acceptors (Lipinski definition) is 4. The van der Waals surface area contributed by atoms with Crippen LogP contribution in [0.15, 0.2) is 34.6 Å². The standard InChI is InChI=1S/C11H13N3O/c1-8-7-15-9(2)13-14-11(8)10-5-3-4-6-12-10/h3-6,8H,7H2,1-2H3. The summed E-state index contributed by atoms with van der Waals surface area (Å²) in [5.41, 5.74) is 1.75. The number of hydrogen-bond donors (Lipinski definition) is 0. The smallest absolute Gasteiger partial charge is 0.205 e. The Balaban J connectivity index is 2.34. The van der Waals surface area contributed by atoms with Crippen molar-refractivity contribution in [1.82, 2.24) is 4.98 Å². The van der Waals surface area contributed by atoms with Crippen LogP contribution in [-0.2, 0) is 4.74 Å². The molecule has 0 amide bonds. The third-order valence-electron chi connectivity index (χ3n) is 2.23. The van der Waals surface area contributed by atoms with Crippen LogP contribution < -0.4 is 0 Å². The predicted molar refractivity (Wildman–Crippen MR) is 59.0 cm³/mol. The van der Waals surface area contributed by atoms with Gasteiger partial charge in [-0.25, -0.2) is 0 Å². The zero-order chi connectivity index (χ0) is 10.7. The Morgan fingerprint density at radius 1 is 1.33 bits per heavy atom. The lowest BCUT2D eigenvalue weighted by molar-refractivity contribution is 0.281. The van der Waals surface area contributed by atoms with Gasteiger partial charge in [-0.15, -0.1) is 10.2 Å². The van der Waals surface area contributed by atoms with Crippen LogP contribution in [0.4, 0.5) is 0 Å². The van der Waals surface area contributed by atoms with E-state index in [1.54, 1.807) is 13.1 Å². The maximum Gasteiger partial charge on any atom is 0.205 e. The molecule has 2 heterocycles. The highest BCUT2D eigenvalue weighted by Crippen LogP contribution is 2.11. The van der Waals surface area contributed by atoms with Crippen molar-refractivity contribution in [2.45, 2.75) is 13.8 Å². The lowest BCUT2D eigenvalue weighted by Crippen LogP contribution is -2.18. The number of nitrogens with zero attached hydrogens (tertiary/aromatic N) is 3. The Morgan fingerprint density at radius 3 is 2.93 bits per heavy atom. The second-order valence-electron chi connectivity index (χ2n) is 3.53.